The summed E-state index contributed by atoms with van der Waals surface area (Å²) in [6, 6.07) is 8.83. The molecule has 0 spiro atoms. The van der Waals surface area contributed by atoms with Crippen molar-refractivity contribution in [1.82, 2.24) is 10.2 Å². The van der Waals surface area contributed by atoms with Crippen LogP contribution in [0.3, 0.4) is 0 Å². The van der Waals surface area contributed by atoms with Crippen molar-refractivity contribution in [3.63, 3.8) is 0 Å². The second-order valence-electron chi connectivity index (χ2n) is 4.68. The van der Waals surface area contributed by atoms with Crippen LogP contribution in [0.25, 0.3) is 0 Å². The van der Waals surface area contributed by atoms with E-state index in [9.17, 15) is 9.90 Å². The molecular formula is C13H16N4O2S2. The minimum atomic E-state index is -1.45. The maximum absolute atomic E-state index is 11.6. The molecule has 1 aromatic carbocycles. The molecule has 1 heterocycles. The summed E-state index contributed by atoms with van der Waals surface area (Å²) in [5.74, 6) is -0.868. The van der Waals surface area contributed by atoms with E-state index in [0.29, 0.717) is 9.90 Å². The predicted molar refractivity (Wildman–Crippen MR) is 84.9 cm³/mol. The first kappa shape index (κ1) is 15.7. The van der Waals surface area contributed by atoms with Gasteiger partial charge in [-0.15, -0.1) is 10.2 Å². The van der Waals surface area contributed by atoms with Crippen LogP contribution in [0.1, 0.15) is 5.56 Å². The van der Waals surface area contributed by atoms with Crippen molar-refractivity contribution in [2.45, 2.75) is 9.88 Å². The number of benzene rings is 1. The predicted octanol–water partition coefficient (Wildman–Crippen LogP) is 1.63. The van der Waals surface area contributed by atoms with Crippen LogP contribution in [-0.4, -0.2) is 41.1 Å². The number of hydrogen-bond acceptors (Lipinski definition) is 7. The molecule has 0 aliphatic rings. The van der Waals surface area contributed by atoms with E-state index in [1.54, 1.807) is 24.3 Å². The lowest BCUT2D eigenvalue weighted by Crippen LogP contribution is -2.47. The largest absolute Gasteiger partial charge is 0.480 e. The number of carboxylic acid groups (broad SMARTS) is 1. The van der Waals surface area contributed by atoms with Crippen molar-refractivity contribution < 1.29 is 9.90 Å². The Morgan fingerprint density at radius 3 is 2.57 bits per heavy atom. The number of carboxylic acids is 1. The molecule has 1 unspecified atom stereocenters. The summed E-state index contributed by atoms with van der Waals surface area (Å²) < 4.78 is 0.700. The van der Waals surface area contributed by atoms with Crippen LogP contribution >= 0.6 is 23.1 Å². The fourth-order valence-corrected chi connectivity index (χ4v) is 3.50. The molecule has 1 aromatic heterocycles. The smallest absolute Gasteiger partial charge is 0.329 e. The zero-order valence-corrected chi connectivity index (χ0v) is 13.3. The van der Waals surface area contributed by atoms with Gasteiger partial charge in [-0.1, -0.05) is 53.4 Å². The van der Waals surface area contributed by atoms with E-state index in [2.05, 4.69) is 10.2 Å². The third-order valence-electron chi connectivity index (χ3n) is 2.87. The van der Waals surface area contributed by atoms with Gasteiger partial charge in [-0.3, -0.25) is 0 Å². The lowest BCUT2D eigenvalue weighted by molar-refractivity contribution is -0.142. The van der Waals surface area contributed by atoms with Gasteiger partial charge in [0, 0.05) is 19.8 Å². The van der Waals surface area contributed by atoms with Gasteiger partial charge in [-0.2, -0.15) is 0 Å². The number of aromatic nitrogens is 2. The summed E-state index contributed by atoms with van der Waals surface area (Å²) in [6.07, 6.45) is 0. The molecule has 0 amide bonds. The van der Waals surface area contributed by atoms with Gasteiger partial charge < -0.3 is 15.7 Å². The van der Waals surface area contributed by atoms with E-state index < -0.39 is 11.5 Å². The van der Waals surface area contributed by atoms with E-state index in [1.807, 2.05) is 25.1 Å². The monoisotopic (exact) mass is 324 g/mol. The highest BCUT2D eigenvalue weighted by atomic mass is 32.2. The van der Waals surface area contributed by atoms with Crippen LogP contribution in [-0.2, 0) is 10.3 Å². The Labute approximate surface area is 131 Å². The molecule has 2 aromatic rings. The molecule has 3 N–H and O–H groups in total. The number of thioether (sulfide) groups is 1. The minimum Gasteiger partial charge on any atom is -0.480 e. The standard InChI is InChI=1S/C13H16N4O2S2/c1-17(2)11-15-16-12(21-11)20-8-13(14,10(18)19)9-6-4-3-5-7-9/h3-7H,8,14H2,1-2H3,(H,18,19). The van der Waals surface area contributed by atoms with Gasteiger partial charge >= 0.3 is 5.97 Å². The topological polar surface area (TPSA) is 92.3 Å². The van der Waals surface area contributed by atoms with Gasteiger partial charge in [0.1, 0.15) is 5.54 Å². The third-order valence-corrected chi connectivity index (χ3v) is 5.29. The minimum absolute atomic E-state index is 0.189. The summed E-state index contributed by atoms with van der Waals surface area (Å²) in [5.41, 5.74) is 5.23. The Hall–Kier alpha value is -1.64. The molecule has 6 nitrogen and oxygen atoms in total. The number of nitrogens with two attached hydrogens (primary N) is 1. The van der Waals surface area contributed by atoms with Gasteiger partial charge in [0.05, 0.1) is 0 Å². The molecule has 2 rings (SSSR count). The molecule has 0 fully saturated rings. The van der Waals surface area contributed by atoms with Crippen LogP contribution in [0.5, 0.6) is 0 Å². The highest BCUT2D eigenvalue weighted by Gasteiger charge is 2.36. The number of nitrogens with zero attached hydrogens (tertiary/aromatic N) is 3. The van der Waals surface area contributed by atoms with Gasteiger partial charge in [-0.05, 0) is 5.56 Å². The number of carbonyl (C=O) groups is 1. The number of rotatable bonds is 6. The van der Waals surface area contributed by atoms with Crippen molar-refractivity contribution in [1.29, 1.82) is 0 Å². The Bertz CT molecular complexity index is 618. The average molecular weight is 324 g/mol. The molecule has 0 saturated heterocycles. The van der Waals surface area contributed by atoms with E-state index in [1.165, 1.54) is 23.1 Å². The Kier molecular flexibility index (Phi) is 4.81. The van der Waals surface area contributed by atoms with Gasteiger partial charge in [0.15, 0.2) is 4.34 Å². The lowest BCUT2D eigenvalue weighted by atomic mass is 9.93. The molecule has 112 valence electrons. The van der Waals surface area contributed by atoms with E-state index in [0.717, 1.165) is 5.13 Å². The van der Waals surface area contributed by atoms with Crippen molar-refractivity contribution in [3.8, 4) is 0 Å². The molecule has 0 radical (unpaired) electrons. The zero-order valence-electron chi connectivity index (χ0n) is 11.7. The first-order valence-corrected chi connectivity index (χ1v) is 7.95. The van der Waals surface area contributed by atoms with E-state index in [4.69, 9.17) is 5.73 Å². The lowest BCUT2D eigenvalue weighted by Gasteiger charge is -2.24. The normalized spacial score (nSPS) is 13.7. The molecule has 1 atom stereocenters. The van der Waals surface area contributed by atoms with Gasteiger partial charge in [0.25, 0.3) is 0 Å². The third kappa shape index (κ3) is 3.52. The molecule has 8 heteroatoms. The van der Waals surface area contributed by atoms with Crippen LogP contribution in [0.15, 0.2) is 34.7 Å². The highest BCUT2D eigenvalue weighted by molar-refractivity contribution is 8.01. The Balaban J connectivity index is 2.15. The van der Waals surface area contributed by atoms with Crippen molar-refractivity contribution in [2.24, 2.45) is 5.73 Å². The second kappa shape index (κ2) is 6.42. The number of hydrogen-bond donors (Lipinski definition) is 2. The van der Waals surface area contributed by atoms with Crippen molar-refractivity contribution >= 4 is 34.2 Å². The Morgan fingerprint density at radius 2 is 2.05 bits per heavy atom. The molecule has 0 aliphatic carbocycles. The van der Waals surface area contributed by atoms with Crippen LogP contribution in [0.2, 0.25) is 0 Å². The van der Waals surface area contributed by atoms with Crippen LogP contribution in [0, 0.1) is 0 Å². The summed E-state index contributed by atoms with van der Waals surface area (Å²) in [5, 5.41) is 18.3. The summed E-state index contributed by atoms with van der Waals surface area (Å²) in [6.45, 7) is 0. The number of aliphatic carboxylic acids is 1. The average Bonchev–Trinajstić information content (AvgIpc) is 2.94. The fraction of sp³-hybridized carbons (Fsp3) is 0.308. The summed E-state index contributed by atoms with van der Waals surface area (Å²) in [7, 11) is 3.76. The summed E-state index contributed by atoms with van der Waals surface area (Å²) in [4.78, 5) is 13.4. The van der Waals surface area contributed by atoms with Crippen molar-refractivity contribution in [2.75, 3.05) is 24.7 Å². The molecular weight excluding hydrogens is 308 g/mol. The first-order chi connectivity index (χ1) is 9.93. The second-order valence-corrected chi connectivity index (χ2v) is 6.85. The highest BCUT2D eigenvalue weighted by Crippen LogP contribution is 2.32. The summed E-state index contributed by atoms with van der Waals surface area (Å²) >= 11 is 2.71. The Morgan fingerprint density at radius 1 is 1.38 bits per heavy atom. The van der Waals surface area contributed by atoms with Crippen LogP contribution in [0.4, 0.5) is 5.13 Å². The zero-order chi connectivity index (χ0) is 15.5. The molecule has 0 aliphatic heterocycles. The quantitative estimate of drug-likeness (QED) is 0.780. The van der Waals surface area contributed by atoms with E-state index in [-0.39, 0.29) is 5.75 Å². The number of anilines is 1. The van der Waals surface area contributed by atoms with Gasteiger partial charge in [-0.25, -0.2) is 4.79 Å². The van der Waals surface area contributed by atoms with Gasteiger partial charge in [0.2, 0.25) is 5.13 Å². The maximum Gasteiger partial charge on any atom is 0.329 e. The first-order valence-electron chi connectivity index (χ1n) is 6.15. The maximum atomic E-state index is 11.6. The van der Waals surface area contributed by atoms with Crippen molar-refractivity contribution in [3.05, 3.63) is 35.9 Å². The SMILES string of the molecule is CN(C)c1nnc(SCC(N)(C(=O)O)c2ccccc2)s1. The van der Waals surface area contributed by atoms with Crippen LogP contribution < -0.4 is 10.6 Å². The van der Waals surface area contributed by atoms with E-state index >= 15 is 0 Å². The molecule has 0 bridgehead atoms. The molecule has 21 heavy (non-hydrogen) atoms. The molecule has 0 saturated carbocycles. The fourth-order valence-electron chi connectivity index (χ4n) is 1.62.